The van der Waals surface area contributed by atoms with Crippen molar-refractivity contribution in [1.82, 2.24) is 14.8 Å². The largest absolute Gasteiger partial charge is 0.399 e. The highest BCUT2D eigenvalue weighted by Crippen LogP contribution is 2.17. The van der Waals surface area contributed by atoms with Crippen LogP contribution in [-0.2, 0) is 11.3 Å². The fraction of sp³-hybridized carbons (Fsp3) is 0.385. The summed E-state index contributed by atoms with van der Waals surface area (Å²) in [6, 6.07) is 7.58. The van der Waals surface area contributed by atoms with Crippen LogP contribution in [0.4, 0.5) is 5.69 Å². The molecule has 1 saturated heterocycles. The molecule has 1 unspecified atom stereocenters. The molecule has 0 saturated carbocycles. The zero-order valence-electron chi connectivity index (χ0n) is 10.1. The van der Waals surface area contributed by atoms with E-state index in [0.717, 1.165) is 43.1 Å². The normalized spacial score (nSPS) is 19.2. The van der Waals surface area contributed by atoms with Crippen LogP contribution < -0.4 is 5.73 Å². The summed E-state index contributed by atoms with van der Waals surface area (Å²) in [7, 11) is 0. The van der Waals surface area contributed by atoms with Crippen molar-refractivity contribution in [2.45, 2.75) is 25.5 Å². The summed E-state index contributed by atoms with van der Waals surface area (Å²) in [6.45, 7) is 1.64. The molecule has 5 heteroatoms. The summed E-state index contributed by atoms with van der Waals surface area (Å²) in [5.74, 6) is 0.730. The van der Waals surface area contributed by atoms with Crippen molar-refractivity contribution >= 4 is 5.69 Å². The van der Waals surface area contributed by atoms with Crippen LogP contribution in [0.15, 0.2) is 30.6 Å². The van der Waals surface area contributed by atoms with Gasteiger partial charge in [-0.05, 0) is 37.1 Å². The van der Waals surface area contributed by atoms with Gasteiger partial charge in [0.2, 0.25) is 0 Å². The van der Waals surface area contributed by atoms with Crippen LogP contribution in [0.5, 0.6) is 0 Å². The summed E-state index contributed by atoms with van der Waals surface area (Å²) < 4.78 is 7.43. The molecule has 1 aliphatic heterocycles. The number of aromatic nitrogens is 3. The van der Waals surface area contributed by atoms with Gasteiger partial charge < -0.3 is 10.5 Å². The summed E-state index contributed by atoms with van der Waals surface area (Å²) in [5.41, 5.74) is 7.39. The standard InChI is InChI=1S/C13H16N4O/c14-11-5-3-10(4-6-11)13-15-9-17(16-13)8-12-2-1-7-18-12/h3-6,9,12H,1-2,7-8,14H2. The van der Waals surface area contributed by atoms with Crippen molar-refractivity contribution < 1.29 is 4.74 Å². The van der Waals surface area contributed by atoms with Crippen LogP contribution in [0.1, 0.15) is 12.8 Å². The minimum Gasteiger partial charge on any atom is -0.399 e. The third-order valence-corrected chi connectivity index (χ3v) is 3.12. The Labute approximate surface area is 106 Å². The predicted molar refractivity (Wildman–Crippen MR) is 68.8 cm³/mol. The first-order valence-corrected chi connectivity index (χ1v) is 6.18. The number of benzene rings is 1. The fourth-order valence-electron chi connectivity index (χ4n) is 2.14. The minimum atomic E-state index is 0.283. The van der Waals surface area contributed by atoms with Gasteiger partial charge in [-0.1, -0.05) is 0 Å². The van der Waals surface area contributed by atoms with Gasteiger partial charge in [0.15, 0.2) is 5.82 Å². The lowest BCUT2D eigenvalue weighted by molar-refractivity contribution is 0.0939. The average Bonchev–Trinajstić information content (AvgIpc) is 3.02. The Balaban J connectivity index is 1.74. The molecule has 1 aromatic carbocycles. The highest BCUT2D eigenvalue weighted by atomic mass is 16.5. The average molecular weight is 244 g/mol. The summed E-state index contributed by atoms with van der Waals surface area (Å²) >= 11 is 0. The molecular weight excluding hydrogens is 228 g/mol. The second-order valence-corrected chi connectivity index (χ2v) is 4.55. The molecule has 1 fully saturated rings. The van der Waals surface area contributed by atoms with Gasteiger partial charge in [0, 0.05) is 17.9 Å². The molecule has 0 spiro atoms. The lowest BCUT2D eigenvalue weighted by atomic mass is 10.2. The Hall–Kier alpha value is -1.88. The van der Waals surface area contributed by atoms with Crippen LogP contribution in [-0.4, -0.2) is 27.5 Å². The van der Waals surface area contributed by atoms with Crippen molar-refractivity contribution in [2.75, 3.05) is 12.3 Å². The number of hydrogen-bond acceptors (Lipinski definition) is 4. The van der Waals surface area contributed by atoms with E-state index < -0.39 is 0 Å². The number of hydrogen-bond donors (Lipinski definition) is 1. The molecule has 18 heavy (non-hydrogen) atoms. The molecule has 1 aliphatic rings. The maximum atomic E-state index is 5.66. The molecule has 2 aromatic rings. The smallest absolute Gasteiger partial charge is 0.181 e. The van der Waals surface area contributed by atoms with Crippen molar-refractivity contribution in [3.8, 4) is 11.4 Å². The van der Waals surface area contributed by atoms with E-state index in [9.17, 15) is 0 Å². The van der Waals surface area contributed by atoms with Gasteiger partial charge in [0.05, 0.1) is 12.6 Å². The van der Waals surface area contributed by atoms with Crippen LogP contribution in [0.2, 0.25) is 0 Å². The molecule has 0 amide bonds. The molecule has 5 nitrogen and oxygen atoms in total. The molecule has 1 aromatic heterocycles. The number of ether oxygens (including phenoxy) is 1. The van der Waals surface area contributed by atoms with E-state index in [-0.39, 0.29) is 6.10 Å². The third-order valence-electron chi connectivity index (χ3n) is 3.12. The number of anilines is 1. The second kappa shape index (κ2) is 4.78. The highest BCUT2D eigenvalue weighted by molar-refractivity contribution is 5.57. The van der Waals surface area contributed by atoms with Crippen molar-refractivity contribution in [3.63, 3.8) is 0 Å². The number of rotatable bonds is 3. The van der Waals surface area contributed by atoms with Gasteiger partial charge in [-0.15, -0.1) is 0 Å². The predicted octanol–water partition coefficient (Wildman–Crippen LogP) is 1.71. The van der Waals surface area contributed by atoms with E-state index >= 15 is 0 Å². The Bertz CT molecular complexity index is 514. The van der Waals surface area contributed by atoms with Crippen molar-refractivity contribution in [2.24, 2.45) is 0 Å². The Morgan fingerprint density at radius 1 is 1.33 bits per heavy atom. The molecule has 0 radical (unpaired) electrons. The topological polar surface area (TPSA) is 66.0 Å². The van der Waals surface area contributed by atoms with Crippen molar-refractivity contribution in [3.05, 3.63) is 30.6 Å². The monoisotopic (exact) mass is 244 g/mol. The first-order valence-electron chi connectivity index (χ1n) is 6.18. The molecule has 2 N–H and O–H groups in total. The summed E-state index contributed by atoms with van der Waals surface area (Å²) in [5, 5.41) is 4.46. The van der Waals surface area contributed by atoms with Crippen molar-refractivity contribution in [1.29, 1.82) is 0 Å². The van der Waals surface area contributed by atoms with E-state index in [1.807, 2.05) is 28.9 Å². The van der Waals surface area contributed by atoms with Crippen LogP contribution in [0.25, 0.3) is 11.4 Å². The number of nitrogens with two attached hydrogens (primary N) is 1. The van der Waals surface area contributed by atoms with Crippen LogP contribution in [0.3, 0.4) is 0 Å². The lowest BCUT2D eigenvalue weighted by Gasteiger charge is -2.07. The maximum Gasteiger partial charge on any atom is 0.181 e. The van der Waals surface area contributed by atoms with E-state index in [4.69, 9.17) is 10.5 Å². The van der Waals surface area contributed by atoms with Gasteiger partial charge in [0.25, 0.3) is 0 Å². The molecular formula is C13H16N4O. The van der Waals surface area contributed by atoms with E-state index in [2.05, 4.69) is 10.1 Å². The molecule has 0 bridgehead atoms. The van der Waals surface area contributed by atoms with E-state index in [1.165, 1.54) is 0 Å². The van der Waals surface area contributed by atoms with E-state index in [1.54, 1.807) is 6.33 Å². The van der Waals surface area contributed by atoms with Crippen LogP contribution >= 0.6 is 0 Å². The molecule has 94 valence electrons. The lowest BCUT2D eigenvalue weighted by Crippen LogP contribution is -2.15. The summed E-state index contributed by atoms with van der Waals surface area (Å²) in [6.07, 6.45) is 4.29. The molecule has 0 aliphatic carbocycles. The van der Waals surface area contributed by atoms with Gasteiger partial charge in [-0.2, -0.15) is 5.10 Å². The van der Waals surface area contributed by atoms with Gasteiger partial charge in [-0.3, -0.25) is 0 Å². The molecule has 1 atom stereocenters. The molecule has 2 heterocycles. The third kappa shape index (κ3) is 2.36. The summed E-state index contributed by atoms with van der Waals surface area (Å²) in [4.78, 5) is 4.31. The first kappa shape index (κ1) is 11.2. The van der Waals surface area contributed by atoms with Gasteiger partial charge in [0.1, 0.15) is 6.33 Å². The Morgan fingerprint density at radius 3 is 2.89 bits per heavy atom. The van der Waals surface area contributed by atoms with Crippen LogP contribution in [0, 0.1) is 0 Å². The number of nitrogen functional groups attached to an aromatic ring is 1. The maximum absolute atomic E-state index is 5.66. The minimum absolute atomic E-state index is 0.283. The Kier molecular flexibility index (Phi) is 2.98. The van der Waals surface area contributed by atoms with E-state index in [0.29, 0.717) is 0 Å². The fourth-order valence-corrected chi connectivity index (χ4v) is 2.14. The zero-order chi connectivity index (χ0) is 12.4. The quantitative estimate of drug-likeness (QED) is 0.835. The first-order chi connectivity index (χ1) is 8.81. The SMILES string of the molecule is Nc1ccc(-c2ncn(CC3CCCO3)n2)cc1. The van der Waals surface area contributed by atoms with Gasteiger partial charge in [-0.25, -0.2) is 9.67 Å². The zero-order valence-corrected chi connectivity index (χ0v) is 10.1. The highest BCUT2D eigenvalue weighted by Gasteiger charge is 2.16. The van der Waals surface area contributed by atoms with Gasteiger partial charge >= 0.3 is 0 Å². The Morgan fingerprint density at radius 2 is 2.17 bits per heavy atom. The number of nitrogens with zero attached hydrogens (tertiary/aromatic N) is 3. The molecule has 3 rings (SSSR count). The second-order valence-electron chi connectivity index (χ2n) is 4.55.